The predicted molar refractivity (Wildman–Crippen MR) is 65.5 cm³/mol. The Hall–Kier alpha value is -0.300. The summed E-state index contributed by atoms with van der Waals surface area (Å²) in [5.41, 5.74) is 0. The first-order valence-electron chi connectivity index (χ1n) is 5.98. The molecule has 0 saturated heterocycles. The molecule has 0 aromatic carbocycles. The lowest BCUT2D eigenvalue weighted by molar-refractivity contribution is 0.411. The van der Waals surface area contributed by atoms with E-state index in [1.807, 2.05) is 0 Å². The second-order valence-corrected chi connectivity index (χ2v) is 4.64. The van der Waals surface area contributed by atoms with Crippen LogP contribution in [0.15, 0.2) is 12.2 Å². The zero-order chi connectivity index (χ0) is 11.0. The molecule has 0 aromatic heterocycles. The highest BCUT2D eigenvalue weighted by molar-refractivity contribution is 4.87. The van der Waals surface area contributed by atoms with Crippen LogP contribution in [-0.2, 0) is 0 Å². The number of hydrogen-bond acceptors (Lipinski definition) is 1. The summed E-state index contributed by atoms with van der Waals surface area (Å²) >= 11 is 0. The van der Waals surface area contributed by atoms with Crippen LogP contribution in [0.2, 0.25) is 0 Å². The molecule has 0 heterocycles. The largest absolute Gasteiger partial charge is 0.313 e. The van der Waals surface area contributed by atoms with Gasteiger partial charge >= 0.3 is 0 Å². The van der Waals surface area contributed by atoms with Crippen molar-refractivity contribution in [3.63, 3.8) is 0 Å². The van der Waals surface area contributed by atoms with E-state index in [2.05, 4.69) is 52.1 Å². The Morgan fingerprint density at radius 2 is 1.79 bits per heavy atom. The first-order valence-corrected chi connectivity index (χ1v) is 5.98. The molecule has 0 aliphatic heterocycles. The third kappa shape index (κ3) is 7.14. The van der Waals surface area contributed by atoms with Gasteiger partial charge in [0.1, 0.15) is 0 Å². The maximum Gasteiger partial charge on any atom is 0.00619 e. The summed E-state index contributed by atoms with van der Waals surface area (Å²) in [4.78, 5) is 0. The maximum absolute atomic E-state index is 3.56. The molecule has 0 aromatic rings. The molecule has 1 N–H and O–H groups in total. The Balaban J connectivity index is 3.57. The number of hydrogen-bond donors (Lipinski definition) is 1. The van der Waals surface area contributed by atoms with Gasteiger partial charge in [-0.3, -0.25) is 0 Å². The van der Waals surface area contributed by atoms with Crippen molar-refractivity contribution in [2.24, 2.45) is 11.8 Å². The Bertz CT molecular complexity index is 149. The summed E-state index contributed by atoms with van der Waals surface area (Å²) in [7, 11) is 0. The van der Waals surface area contributed by atoms with Gasteiger partial charge in [0, 0.05) is 12.6 Å². The first kappa shape index (κ1) is 13.7. The van der Waals surface area contributed by atoms with E-state index in [-0.39, 0.29) is 0 Å². The molecule has 84 valence electrons. The highest BCUT2D eigenvalue weighted by Crippen LogP contribution is 2.03. The monoisotopic (exact) mass is 197 g/mol. The van der Waals surface area contributed by atoms with E-state index in [0.29, 0.717) is 12.0 Å². The quantitative estimate of drug-likeness (QED) is 0.615. The molecule has 2 atom stereocenters. The Morgan fingerprint density at radius 3 is 2.29 bits per heavy atom. The molecule has 0 fully saturated rings. The molecule has 1 nitrogen and oxygen atoms in total. The Morgan fingerprint density at radius 1 is 1.14 bits per heavy atom. The van der Waals surface area contributed by atoms with E-state index < -0.39 is 0 Å². The fourth-order valence-corrected chi connectivity index (χ4v) is 1.17. The highest BCUT2D eigenvalue weighted by Gasteiger charge is 2.06. The fraction of sp³-hybridized carbons (Fsp3) is 0.846. The number of nitrogens with one attached hydrogen (secondary N) is 1. The van der Waals surface area contributed by atoms with Crippen molar-refractivity contribution in [3.8, 4) is 0 Å². The van der Waals surface area contributed by atoms with Crippen LogP contribution in [0.1, 0.15) is 47.5 Å². The highest BCUT2D eigenvalue weighted by atomic mass is 14.9. The molecular weight excluding hydrogens is 170 g/mol. The third-order valence-electron chi connectivity index (χ3n) is 2.68. The van der Waals surface area contributed by atoms with Crippen molar-refractivity contribution < 1.29 is 0 Å². The minimum absolute atomic E-state index is 0.622. The van der Waals surface area contributed by atoms with Gasteiger partial charge < -0.3 is 5.32 Å². The van der Waals surface area contributed by atoms with Crippen molar-refractivity contribution in [3.05, 3.63) is 12.2 Å². The van der Waals surface area contributed by atoms with Gasteiger partial charge in [0.15, 0.2) is 0 Å². The summed E-state index contributed by atoms with van der Waals surface area (Å²) in [5, 5.41) is 3.56. The lowest BCUT2D eigenvalue weighted by Gasteiger charge is -2.19. The van der Waals surface area contributed by atoms with Crippen LogP contribution >= 0.6 is 0 Å². The molecule has 0 radical (unpaired) electrons. The molecule has 0 bridgehead atoms. The topological polar surface area (TPSA) is 12.0 Å². The molecule has 2 unspecified atom stereocenters. The molecule has 0 spiro atoms. The van der Waals surface area contributed by atoms with Gasteiger partial charge in [0.2, 0.25) is 0 Å². The Kier molecular flexibility index (Phi) is 7.87. The maximum atomic E-state index is 3.56. The van der Waals surface area contributed by atoms with Crippen molar-refractivity contribution in [2.75, 3.05) is 6.54 Å². The molecule has 0 aliphatic carbocycles. The van der Waals surface area contributed by atoms with Crippen LogP contribution in [-0.4, -0.2) is 12.6 Å². The molecule has 0 saturated carbocycles. The molecule has 0 rings (SSSR count). The van der Waals surface area contributed by atoms with Crippen LogP contribution in [0.4, 0.5) is 0 Å². The lowest BCUT2D eigenvalue weighted by Crippen LogP contribution is -2.33. The lowest BCUT2D eigenvalue weighted by atomic mass is 10.1. The van der Waals surface area contributed by atoms with Crippen LogP contribution in [0, 0.1) is 11.8 Å². The summed E-state index contributed by atoms with van der Waals surface area (Å²) in [6, 6.07) is 0.622. The zero-order valence-corrected chi connectivity index (χ0v) is 10.5. The second kappa shape index (κ2) is 8.05. The van der Waals surface area contributed by atoms with Crippen LogP contribution < -0.4 is 5.32 Å². The summed E-state index contributed by atoms with van der Waals surface area (Å²) in [6.07, 6.45) is 7.08. The van der Waals surface area contributed by atoms with Crippen molar-refractivity contribution in [2.45, 2.75) is 53.5 Å². The van der Waals surface area contributed by atoms with E-state index in [1.54, 1.807) is 0 Å². The van der Waals surface area contributed by atoms with E-state index in [4.69, 9.17) is 0 Å². The van der Waals surface area contributed by atoms with Crippen LogP contribution in [0.25, 0.3) is 0 Å². The predicted octanol–water partition coefficient (Wildman–Crippen LogP) is 3.61. The minimum atomic E-state index is 0.622. The summed E-state index contributed by atoms with van der Waals surface area (Å²) in [5.74, 6) is 1.38. The average Bonchev–Trinajstić information content (AvgIpc) is 2.14. The number of rotatable bonds is 7. The molecule has 0 amide bonds. The van der Waals surface area contributed by atoms with Crippen molar-refractivity contribution in [1.29, 1.82) is 0 Å². The van der Waals surface area contributed by atoms with Crippen LogP contribution in [0.3, 0.4) is 0 Å². The van der Waals surface area contributed by atoms with Gasteiger partial charge in [-0.15, -0.1) is 0 Å². The molecule has 14 heavy (non-hydrogen) atoms. The van der Waals surface area contributed by atoms with E-state index in [9.17, 15) is 0 Å². The average molecular weight is 197 g/mol. The van der Waals surface area contributed by atoms with Crippen LogP contribution in [0.5, 0.6) is 0 Å². The van der Waals surface area contributed by atoms with Gasteiger partial charge in [0.25, 0.3) is 0 Å². The van der Waals surface area contributed by atoms with E-state index in [0.717, 1.165) is 12.5 Å². The third-order valence-corrected chi connectivity index (χ3v) is 2.68. The summed E-state index contributed by atoms with van der Waals surface area (Å²) < 4.78 is 0. The summed E-state index contributed by atoms with van der Waals surface area (Å²) in [6.45, 7) is 12.4. The fourth-order valence-electron chi connectivity index (χ4n) is 1.17. The van der Waals surface area contributed by atoms with E-state index >= 15 is 0 Å². The van der Waals surface area contributed by atoms with Gasteiger partial charge in [-0.05, 0) is 25.2 Å². The SMILES string of the molecule is CCC/C=C/C(C)CNC(C)C(C)C. The van der Waals surface area contributed by atoms with Crippen molar-refractivity contribution >= 4 is 0 Å². The smallest absolute Gasteiger partial charge is 0.00619 e. The van der Waals surface area contributed by atoms with Gasteiger partial charge in [-0.2, -0.15) is 0 Å². The zero-order valence-electron chi connectivity index (χ0n) is 10.5. The minimum Gasteiger partial charge on any atom is -0.313 e. The molecule has 1 heteroatoms. The first-order chi connectivity index (χ1) is 6.57. The molecular formula is C13H27N. The molecule has 0 aliphatic rings. The van der Waals surface area contributed by atoms with Crippen molar-refractivity contribution in [1.82, 2.24) is 5.32 Å². The van der Waals surface area contributed by atoms with Gasteiger partial charge in [0.05, 0.1) is 0 Å². The Labute approximate surface area is 90.0 Å². The van der Waals surface area contributed by atoms with E-state index in [1.165, 1.54) is 12.8 Å². The normalized spacial score (nSPS) is 16.4. The second-order valence-electron chi connectivity index (χ2n) is 4.64. The number of allylic oxidation sites excluding steroid dienone is 1. The standard InChI is InChI=1S/C13H27N/c1-6-7-8-9-12(4)10-14-13(5)11(2)3/h8-9,11-14H,6-7,10H2,1-5H3/b9-8+. The van der Waals surface area contributed by atoms with Gasteiger partial charge in [-0.25, -0.2) is 0 Å². The number of unbranched alkanes of at least 4 members (excludes halogenated alkanes) is 1. The van der Waals surface area contributed by atoms with Gasteiger partial charge in [-0.1, -0.05) is 46.3 Å².